The number of ether oxygens (including phenoxy) is 1. The molecule has 2 aromatic carbocycles. The van der Waals surface area contributed by atoms with E-state index in [4.69, 9.17) is 4.74 Å². The van der Waals surface area contributed by atoms with Crippen LogP contribution in [0.1, 0.15) is 18.1 Å². The monoisotopic (exact) mass is 377 g/mol. The summed E-state index contributed by atoms with van der Waals surface area (Å²) in [5, 5.41) is 12.0. The average Bonchev–Trinajstić information content (AvgIpc) is 2.53. The largest absolute Gasteiger partial charge is 0.479 e. The molecule has 6 heteroatoms. The van der Waals surface area contributed by atoms with E-state index < -0.39 is 17.6 Å². The second kappa shape index (κ2) is 7.28. The van der Waals surface area contributed by atoms with Crippen molar-refractivity contribution in [1.29, 1.82) is 0 Å². The van der Waals surface area contributed by atoms with Crippen molar-refractivity contribution in [2.45, 2.75) is 19.1 Å². The standard InChI is InChI=1S/C17H16BrNO4/c1-17(15(20)21,13-8-5-9-14(18)10-13)19-16(22)23-11-12-6-3-2-4-7-12/h2-10H,11H2,1H3,(H,19,22)(H,20,21). The molecule has 0 heterocycles. The third kappa shape index (κ3) is 4.32. The molecule has 2 rings (SSSR count). The molecular formula is C17H16BrNO4. The molecule has 0 aliphatic carbocycles. The predicted molar refractivity (Wildman–Crippen MR) is 88.9 cm³/mol. The molecule has 0 fully saturated rings. The van der Waals surface area contributed by atoms with Crippen LogP contribution in [-0.2, 0) is 21.7 Å². The van der Waals surface area contributed by atoms with Gasteiger partial charge in [0.05, 0.1) is 0 Å². The molecule has 0 aliphatic rings. The van der Waals surface area contributed by atoms with Gasteiger partial charge in [0, 0.05) is 4.47 Å². The van der Waals surface area contributed by atoms with Crippen LogP contribution in [0.4, 0.5) is 4.79 Å². The summed E-state index contributed by atoms with van der Waals surface area (Å²) in [5.74, 6) is -1.17. The first-order valence-corrected chi connectivity index (χ1v) is 7.69. The zero-order valence-electron chi connectivity index (χ0n) is 12.5. The van der Waals surface area contributed by atoms with E-state index in [9.17, 15) is 14.7 Å². The van der Waals surface area contributed by atoms with Crippen molar-refractivity contribution in [1.82, 2.24) is 5.32 Å². The van der Waals surface area contributed by atoms with Gasteiger partial charge >= 0.3 is 12.1 Å². The number of halogens is 1. The van der Waals surface area contributed by atoms with Gasteiger partial charge in [-0.15, -0.1) is 0 Å². The first-order valence-electron chi connectivity index (χ1n) is 6.90. The maximum atomic E-state index is 12.0. The van der Waals surface area contributed by atoms with E-state index in [0.717, 1.165) is 10.0 Å². The highest BCUT2D eigenvalue weighted by molar-refractivity contribution is 9.10. The van der Waals surface area contributed by atoms with Crippen LogP contribution in [0.3, 0.4) is 0 Å². The van der Waals surface area contributed by atoms with Crippen molar-refractivity contribution in [2.24, 2.45) is 0 Å². The Balaban J connectivity index is 2.10. The van der Waals surface area contributed by atoms with Crippen LogP contribution in [-0.4, -0.2) is 17.2 Å². The van der Waals surface area contributed by atoms with Crippen molar-refractivity contribution in [2.75, 3.05) is 0 Å². The Kier molecular flexibility index (Phi) is 5.39. The van der Waals surface area contributed by atoms with Gasteiger partial charge < -0.3 is 15.2 Å². The average molecular weight is 378 g/mol. The van der Waals surface area contributed by atoms with E-state index in [1.54, 1.807) is 24.3 Å². The Labute approximate surface area is 142 Å². The van der Waals surface area contributed by atoms with Gasteiger partial charge in [-0.25, -0.2) is 9.59 Å². The van der Waals surface area contributed by atoms with Gasteiger partial charge in [0.2, 0.25) is 0 Å². The van der Waals surface area contributed by atoms with E-state index >= 15 is 0 Å². The van der Waals surface area contributed by atoms with Crippen molar-refractivity contribution < 1.29 is 19.4 Å². The number of carbonyl (C=O) groups excluding carboxylic acids is 1. The van der Waals surface area contributed by atoms with Crippen molar-refractivity contribution in [3.63, 3.8) is 0 Å². The van der Waals surface area contributed by atoms with Gasteiger partial charge in [-0.1, -0.05) is 58.4 Å². The Bertz CT molecular complexity index is 705. The van der Waals surface area contributed by atoms with Gasteiger partial charge in [0.25, 0.3) is 0 Å². The summed E-state index contributed by atoms with van der Waals surface area (Å²) in [6, 6.07) is 15.9. The van der Waals surface area contributed by atoms with Crippen LogP contribution in [0.5, 0.6) is 0 Å². The maximum Gasteiger partial charge on any atom is 0.408 e. The van der Waals surface area contributed by atoms with Crippen LogP contribution in [0.25, 0.3) is 0 Å². The van der Waals surface area contributed by atoms with E-state index in [1.807, 2.05) is 30.3 Å². The summed E-state index contributed by atoms with van der Waals surface area (Å²) in [6.07, 6.45) is -0.793. The van der Waals surface area contributed by atoms with E-state index in [2.05, 4.69) is 21.2 Å². The first kappa shape index (κ1) is 17.0. The number of rotatable bonds is 5. The van der Waals surface area contributed by atoms with Gasteiger partial charge in [0.15, 0.2) is 5.54 Å². The Morgan fingerprint density at radius 1 is 1.17 bits per heavy atom. The lowest BCUT2D eigenvalue weighted by molar-refractivity contribution is -0.144. The fraction of sp³-hybridized carbons (Fsp3) is 0.176. The number of amides is 1. The number of alkyl carbamates (subject to hydrolysis) is 1. The third-order valence-corrected chi connectivity index (χ3v) is 3.89. The smallest absolute Gasteiger partial charge is 0.408 e. The predicted octanol–water partition coefficient (Wildman–Crippen LogP) is 3.68. The molecule has 2 aromatic rings. The molecule has 0 bridgehead atoms. The summed E-state index contributed by atoms with van der Waals surface area (Å²) in [5.41, 5.74) is -0.324. The lowest BCUT2D eigenvalue weighted by Gasteiger charge is -2.26. The minimum absolute atomic E-state index is 0.0703. The lowest BCUT2D eigenvalue weighted by atomic mass is 9.92. The van der Waals surface area contributed by atoms with E-state index in [0.29, 0.717) is 5.56 Å². The van der Waals surface area contributed by atoms with Gasteiger partial charge in [0.1, 0.15) is 6.61 Å². The number of hydrogen-bond acceptors (Lipinski definition) is 3. The summed E-state index contributed by atoms with van der Waals surface area (Å²) in [7, 11) is 0. The summed E-state index contributed by atoms with van der Waals surface area (Å²) < 4.78 is 5.82. The van der Waals surface area contributed by atoms with Crippen LogP contribution < -0.4 is 5.32 Å². The summed E-state index contributed by atoms with van der Waals surface area (Å²) in [4.78, 5) is 23.6. The molecule has 0 spiro atoms. The van der Waals surface area contributed by atoms with Crippen molar-refractivity contribution in [3.8, 4) is 0 Å². The SMILES string of the molecule is CC(NC(=O)OCc1ccccc1)(C(=O)O)c1cccc(Br)c1. The van der Waals surface area contributed by atoms with Gasteiger partial charge in [-0.3, -0.25) is 0 Å². The van der Waals surface area contributed by atoms with Gasteiger partial charge in [-0.2, -0.15) is 0 Å². The molecule has 0 saturated heterocycles. The quantitative estimate of drug-likeness (QED) is 0.833. The summed E-state index contributed by atoms with van der Waals surface area (Å²) >= 11 is 3.29. The highest BCUT2D eigenvalue weighted by Gasteiger charge is 2.37. The molecule has 1 unspecified atom stereocenters. The van der Waals surface area contributed by atoms with Crippen LogP contribution in [0, 0.1) is 0 Å². The van der Waals surface area contributed by atoms with Crippen LogP contribution in [0.2, 0.25) is 0 Å². The number of nitrogens with one attached hydrogen (secondary N) is 1. The minimum Gasteiger partial charge on any atom is -0.479 e. The Hall–Kier alpha value is -2.34. The minimum atomic E-state index is -1.59. The maximum absolute atomic E-state index is 12.0. The molecule has 23 heavy (non-hydrogen) atoms. The van der Waals surface area contributed by atoms with Crippen molar-refractivity contribution in [3.05, 3.63) is 70.2 Å². The molecule has 0 radical (unpaired) electrons. The number of benzene rings is 2. The third-order valence-electron chi connectivity index (χ3n) is 3.39. The zero-order valence-corrected chi connectivity index (χ0v) is 14.0. The molecule has 5 nitrogen and oxygen atoms in total. The Morgan fingerprint density at radius 2 is 1.87 bits per heavy atom. The topological polar surface area (TPSA) is 75.6 Å². The lowest BCUT2D eigenvalue weighted by Crippen LogP contribution is -2.49. The normalized spacial score (nSPS) is 13.0. The highest BCUT2D eigenvalue weighted by atomic mass is 79.9. The molecule has 0 saturated carbocycles. The van der Waals surface area contributed by atoms with Crippen LogP contribution >= 0.6 is 15.9 Å². The fourth-order valence-corrected chi connectivity index (χ4v) is 2.41. The van der Waals surface area contributed by atoms with E-state index in [-0.39, 0.29) is 6.61 Å². The molecule has 1 amide bonds. The fourth-order valence-electron chi connectivity index (χ4n) is 2.01. The Morgan fingerprint density at radius 3 is 2.48 bits per heavy atom. The number of carbonyl (C=O) groups is 2. The second-order valence-corrected chi connectivity index (χ2v) is 6.04. The summed E-state index contributed by atoms with van der Waals surface area (Å²) in [6.45, 7) is 1.49. The first-order chi connectivity index (χ1) is 10.9. The molecule has 1 atom stereocenters. The number of carboxylic acids is 1. The molecule has 120 valence electrons. The van der Waals surface area contributed by atoms with Crippen LogP contribution in [0.15, 0.2) is 59.1 Å². The number of aliphatic carboxylic acids is 1. The molecular weight excluding hydrogens is 362 g/mol. The van der Waals surface area contributed by atoms with E-state index in [1.165, 1.54) is 6.92 Å². The van der Waals surface area contributed by atoms with Crippen molar-refractivity contribution >= 4 is 28.0 Å². The second-order valence-electron chi connectivity index (χ2n) is 5.13. The highest BCUT2D eigenvalue weighted by Crippen LogP contribution is 2.24. The van der Waals surface area contributed by atoms with Gasteiger partial charge in [-0.05, 0) is 30.2 Å². The number of carboxylic acid groups (broad SMARTS) is 1. The zero-order chi connectivity index (χ0) is 16.9. The molecule has 2 N–H and O–H groups in total. The molecule has 0 aromatic heterocycles. The molecule has 0 aliphatic heterocycles. The number of hydrogen-bond donors (Lipinski definition) is 2.